The monoisotopic (exact) mass is 480 g/mol. The maximum Gasteiger partial charge on any atom is 0.313 e. The fraction of sp³-hybridized carbons (Fsp3) is 0.400. The van der Waals surface area contributed by atoms with Crippen LogP contribution < -0.4 is 20.4 Å². The zero-order valence-corrected chi connectivity index (χ0v) is 22.6. The largest absolute Gasteiger partial charge is 0.375 e. The van der Waals surface area contributed by atoms with Crippen molar-refractivity contribution in [2.24, 2.45) is 0 Å². The van der Waals surface area contributed by atoms with E-state index in [1.165, 1.54) is 27.4 Å². The van der Waals surface area contributed by atoms with E-state index in [4.69, 9.17) is 4.74 Å². The minimum absolute atomic E-state index is 0.0799. The topological polar surface area (TPSA) is 56.8 Å². The Morgan fingerprint density at radius 1 is 1.27 bits per heavy atom. The molecule has 2 aromatic rings. The van der Waals surface area contributed by atoms with E-state index in [1.807, 2.05) is 0 Å². The summed E-state index contributed by atoms with van der Waals surface area (Å²) in [5.74, 6) is 0. The molecule has 0 aliphatic carbocycles. The summed E-state index contributed by atoms with van der Waals surface area (Å²) in [6, 6.07) is 15.2. The molecule has 8 heteroatoms. The van der Waals surface area contributed by atoms with Gasteiger partial charge >= 0.3 is 6.03 Å². The third-order valence-corrected chi connectivity index (χ3v) is 7.65. The zero-order chi connectivity index (χ0) is 23.3. The Labute approximate surface area is 209 Å². The molecule has 174 valence electrons. The van der Waals surface area contributed by atoms with E-state index < -0.39 is 5.06 Å². The molecule has 2 amide bonds. The van der Waals surface area contributed by atoms with Crippen molar-refractivity contribution in [2.45, 2.75) is 29.7 Å². The van der Waals surface area contributed by atoms with Gasteiger partial charge in [0.2, 0.25) is 21.3 Å². The summed E-state index contributed by atoms with van der Waals surface area (Å²) in [7, 11) is 2.13. The van der Waals surface area contributed by atoms with E-state index in [0.717, 1.165) is 54.2 Å². The standard InChI is InChI=1S/C25H31N4O2S.Al.2H/c1-4-15-28(3)21-8-5-19(6-9-21)11-13-25-29(16-17-31-25)22-10-7-20(18-23(22)32-25)12-14-27-24(30)26-2;;;/h5-11,13,18H,2,4,12,14-17H2,1,3H3,(H2,26,27,30);;;/b13-11+;;;. The predicted molar refractivity (Wildman–Crippen MR) is 141 cm³/mol. The van der Waals surface area contributed by atoms with Gasteiger partial charge in [0.15, 0.2) is 0 Å². The van der Waals surface area contributed by atoms with Crippen LogP contribution in [0.15, 0.2) is 53.4 Å². The Balaban J connectivity index is 1.43. The molecular formula is C25H33AlN4O2S. The average Bonchev–Trinajstić information content (AvgIpc) is 3.34. The summed E-state index contributed by atoms with van der Waals surface area (Å²) in [5, 5.41) is 6.03. The average molecular weight is 481 g/mol. The fourth-order valence-corrected chi connectivity index (χ4v) is 6.00. The highest BCUT2D eigenvalue weighted by atomic mass is 32.2. The number of hydrogen-bond acceptors (Lipinski definition) is 5. The SMILES string of the molecule is CCCN(C)c1ccc(/C=C/C23OCCN2c2ccc(CCNC(=O)N[CH2][AlH2])cc2S3)cc1. The van der Waals surface area contributed by atoms with Gasteiger partial charge in [-0.25, -0.2) is 4.79 Å². The second-order valence-corrected chi connectivity index (χ2v) is 10.4. The Hall–Kier alpha value is -2.11. The number of carbonyl (C=O) groups excluding carboxylic acids is 1. The lowest BCUT2D eigenvalue weighted by Crippen LogP contribution is -2.37. The van der Waals surface area contributed by atoms with E-state index in [9.17, 15) is 4.79 Å². The summed E-state index contributed by atoms with van der Waals surface area (Å²) in [6.07, 6.45) is 6.31. The summed E-state index contributed by atoms with van der Waals surface area (Å²) < 4.78 is 6.27. The molecule has 2 N–H and O–H groups in total. The normalized spacial score (nSPS) is 18.9. The van der Waals surface area contributed by atoms with Crippen molar-refractivity contribution >= 4 is 51.5 Å². The van der Waals surface area contributed by atoms with Crippen molar-refractivity contribution < 1.29 is 9.53 Å². The van der Waals surface area contributed by atoms with Crippen LogP contribution in [0.5, 0.6) is 0 Å². The number of ether oxygens (including phenoxy) is 1. The number of rotatable bonds is 9. The zero-order valence-electron chi connectivity index (χ0n) is 19.8. The molecule has 1 saturated heterocycles. The highest BCUT2D eigenvalue weighted by Crippen LogP contribution is 2.54. The number of nitrogens with one attached hydrogen (secondary N) is 2. The fourth-order valence-electron chi connectivity index (χ4n) is 4.29. The summed E-state index contributed by atoms with van der Waals surface area (Å²) in [4.78, 5) is 17.5. The molecule has 2 aliphatic heterocycles. The minimum atomic E-state index is -0.484. The third kappa shape index (κ3) is 5.52. The van der Waals surface area contributed by atoms with Crippen molar-refractivity contribution in [1.29, 1.82) is 0 Å². The van der Waals surface area contributed by atoms with Crippen molar-refractivity contribution in [2.75, 3.05) is 48.5 Å². The molecular weight excluding hydrogens is 447 g/mol. The summed E-state index contributed by atoms with van der Waals surface area (Å²) >= 11 is 2.73. The highest BCUT2D eigenvalue weighted by molar-refractivity contribution is 8.01. The van der Waals surface area contributed by atoms with Gasteiger partial charge in [0.05, 0.1) is 12.3 Å². The Morgan fingerprint density at radius 3 is 2.85 bits per heavy atom. The van der Waals surface area contributed by atoms with E-state index >= 15 is 0 Å². The Morgan fingerprint density at radius 2 is 2.09 bits per heavy atom. The molecule has 0 bridgehead atoms. The van der Waals surface area contributed by atoms with Crippen LogP contribution in [-0.2, 0) is 11.2 Å². The van der Waals surface area contributed by atoms with Gasteiger partial charge in [-0.05, 0) is 59.7 Å². The van der Waals surface area contributed by atoms with Crippen LogP contribution >= 0.6 is 11.8 Å². The van der Waals surface area contributed by atoms with Gasteiger partial charge in [-0.2, -0.15) is 0 Å². The van der Waals surface area contributed by atoms with Gasteiger partial charge in [0, 0.05) is 37.3 Å². The van der Waals surface area contributed by atoms with Gasteiger partial charge in [0.25, 0.3) is 0 Å². The number of nitrogens with zero attached hydrogens (tertiary/aromatic N) is 2. The summed E-state index contributed by atoms with van der Waals surface area (Å²) in [5.41, 5.74) is 4.86. The van der Waals surface area contributed by atoms with Crippen LogP contribution in [0.3, 0.4) is 0 Å². The smallest absolute Gasteiger partial charge is 0.313 e. The number of thioether (sulfide) groups is 1. The van der Waals surface area contributed by atoms with Gasteiger partial charge in [-0.3, -0.25) is 0 Å². The number of urea groups is 1. The van der Waals surface area contributed by atoms with Gasteiger partial charge in [0.1, 0.15) is 0 Å². The number of hydrogen-bond donors (Lipinski definition) is 2. The Bertz CT molecular complexity index is 1000. The van der Waals surface area contributed by atoms with Crippen LogP contribution in [0.25, 0.3) is 6.08 Å². The number of amides is 2. The molecule has 2 aliphatic rings. The number of anilines is 2. The lowest BCUT2D eigenvalue weighted by atomic mass is 10.1. The maximum atomic E-state index is 11.6. The van der Waals surface area contributed by atoms with E-state index in [2.05, 4.69) is 89.0 Å². The van der Waals surface area contributed by atoms with Crippen LogP contribution in [-0.4, -0.2) is 66.1 Å². The summed E-state index contributed by atoms with van der Waals surface area (Å²) in [6.45, 7) is 5.49. The molecule has 0 spiro atoms. The molecule has 0 saturated carbocycles. The molecule has 1 fully saturated rings. The van der Waals surface area contributed by atoms with Crippen molar-refractivity contribution in [3.8, 4) is 0 Å². The highest BCUT2D eigenvalue weighted by Gasteiger charge is 2.47. The maximum absolute atomic E-state index is 11.6. The van der Waals surface area contributed by atoms with Crippen LogP contribution in [0.2, 0.25) is 0 Å². The van der Waals surface area contributed by atoms with Gasteiger partial charge < -0.3 is 25.2 Å². The molecule has 2 aromatic carbocycles. The second-order valence-electron chi connectivity index (χ2n) is 8.42. The molecule has 6 nitrogen and oxygen atoms in total. The molecule has 2 heterocycles. The first-order valence-electron chi connectivity index (χ1n) is 11.8. The third-order valence-electron chi connectivity index (χ3n) is 5.99. The van der Waals surface area contributed by atoms with E-state index in [0.29, 0.717) is 6.54 Å². The van der Waals surface area contributed by atoms with E-state index in [-0.39, 0.29) is 6.03 Å². The number of carbonyl (C=O) groups is 1. The number of fused-ring (bicyclic) bond motifs is 3. The van der Waals surface area contributed by atoms with Crippen molar-refractivity contribution in [3.63, 3.8) is 0 Å². The second kappa shape index (κ2) is 10.9. The molecule has 33 heavy (non-hydrogen) atoms. The lowest BCUT2D eigenvalue weighted by molar-refractivity contribution is 0.123. The quantitative estimate of drug-likeness (QED) is 0.540. The van der Waals surface area contributed by atoms with Crippen LogP contribution in [0.1, 0.15) is 24.5 Å². The first-order chi connectivity index (χ1) is 16.0. The molecule has 1 atom stereocenters. The molecule has 1 unspecified atom stereocenters. The molecule has 0 aromatic heterocycles. The van der Waals surface area contributed by atoms with Gasteiger partial charge in [-0.1, -0.05) is 43.0 Å². The first kappa shape index (κ1) is 24.0. The van der Waals surface area contributed by atoms with Crippen molar-refractivity contribution in [3.05, 3.63) is 59.7 Å². The van der Waals surface area contributed by atoms with E-state index in [1.54, 1.807) is 11.8 Å². The Kier molecular flexibility index (Phi) is 7.92. The lowest BCUT2D eigenvalue weighted by Gasteiger charge is -2.27. The van der Waals surface area contributed by atoms with Crippen molar-refractivity contribution in [1.82, 2.24) is 10.6 Å². The van der Waals surface area contributed by atoms with Crippen LogP contribution in [0, 0.1) is 0 Å². The van der Waals surface area contributed by atoms with Crippen LogP contribution in [0.4, 0.5) is 16.2 Å². The number of benzene rings is 2. The molecule has 4 rings (SSSR count). The predicted octanol–water partition coefficient (Wildman–Crippen LogP) is 3.27. The minimum Gasteiger partial charge on any atom is -0.375 e. The first-order valence-corrected chi connectivity index (χ1v) is 14.0. The molecule has 0 radical (unpaired) electrons. The van der Waals surface area contributed by atoms with Gasteiger partial charge in [-0.15, -0.1) is 0 Å².